The maximum absolute atomic E-state index is 13.0. The zero-order chi connectivity index (χ0) is 11.0. The highest BCUT2D eigenvalue weighted by Crippen LogP contribution is 2.39. The van der Waals surface area contributed by atoms with Crippen LogP contribution in [0, 0.1) is 5.82 Å². The molecule has 0 fully saturated rings. The second-order valence-electron chi connectivity index (χ2n) is 3.38. The number of fused-ring (bicyclic) bond motifs is 1. The summed E-state index contributed by atoms with van der Waals surface area (Å²) in [6.07, 6.45) is 0. The first-order chi connectivity index (χ1) is 7.08. The second kappa shape index (κ2) is 3.70. The third-order valence-corrected chi connectivity index (χ3v) is 3.49. The van der Waals surface area contributed by atoms with E-state index in [-0.39, 0.29) is 11.6 Å². The van der Waals surface area contributed by atoms with Gasteiger partial charge in [0.1, 0.15) is 5.82 Å². The lowest BCUT2D eigenvalue weighted by Crippen LogP contribution is -2.09. The number of benzene rings is 1. The van der Waals surface area contributed by atoms with Crippen LogP contribution >= 0.6 is 11.8 Å². The minimum absolute atomic E-state index is 0.0000822. The van der Waals surface area contributed by atoms with Crippen molar-refractivity contribution in [3.05, 3.63) is 34.6 Å². The van der Waals surface area contributed by atoms with E-state index in [0.717, 1.165) is 16.3 Å². The summed E-state index contributed by atoms with van der Waals surface area (Å²) >= 11 is 1.31. The molecule has 2 rings (SSSR count). The number of hydrogen-bond donors (Lipinski definition) is 1. The topological polar surface area (TPSA) is 29.1 Å². The SMILES string of the molecule is CC(=O)C1=C(C)Nc2ccc(F)cc2S1. The Kier molecular flexibility index (Phi) is 2.52. The lowest BCUT2D eigenvalue weighted by molar-refractivity contribution is -0.113. The molecule has 0 amide bonds. The monoisotopic (exact) mass is 223 g/mol. The van der Waals surface area contributed by atoms with Gasteiger partial charge in [-0.3, -0.25) is 4.79 Å². The van der Waals surface area contributed by atoms with Gasteiger partial charge in [-0.15, -0.1) is 0 Å². The molecule has 1 aliphatic heterocycles. The van der Waals surface area contributed by atoms with Crippen LogP contribution in [-0.2, 0) is 4.79 Å². The van der Waals surface area contributed by atoms with Gasteiger partial charge in [-0.25, -0.2) is 4.39 Å². The molecule has 1 aromatic carbocycles. The molecular weight excluding hydrogens is 213 g/mol. The van der Waals surface area contributed by atoms with Crippen LogP contribution in [0.4, 0.5) is 10.1 Å². The highest BCUT2D eigenvalue weighted by molar-refractivity contribution is 8.04. The smallest absolute Gasteiger partial charge is 0.168 e. The average molecular weight is 223 g/mol. The molecule has 1 heterocycles. The quantitative estimate of drug-likeness (QED) is 0.792. The molecule has 0 unspecified atom stereocenters. The van der Waals surface area contributed by atoms with Crippen LogP contribution in [0.15, 0.2) is 33.7 Å². The fourth-order valence-corrected chi connectivity index (χ4v) is 2.43. The lowest BCUT2D eigenvalue weighted by Gasteiger charge is -2.20. The van der Waals surface area contributed by atoms with Crippen molar-refractivity contribution in [3.8, 4) is 0 Å². The maximum Gasteiger partial charge on any atom is 0.168 e. The summed E-state index contributed by atoms with van der Waals surface area (Å²) in [5, 5.41) is 3.09. The number of nitrogens with one attached hydrogen (secondary N) is 1. The van der Waals surface area contributed by atoms with Crippen molar-refractivity contribution in [2.24, 2.45) is 0 Å². The Bertz CT molecular complexity index is 468. The first kappa shape index (κ1) is 10.2. The number of Topliss-reactive ketones (excluding diaryl/α,β-unsaturated/α-hetero) is 1. The van der Waals surface area contributed by atoms with E-state index >= 15 is 0 Å². The zero-order valence-electron chi connectivity index (χ0n) is 8.43. The Morgan fingerprint density at radius 2 is 2.20 bits per heavy atom. The lowest BCUT2D eigenvalue weighted by atomic mass is 10.2. The van der Waals surface area contributed by atoms with Crippen molar-refractivity contribution in [1.82, 2.24) is 0 Å². The van der Waals surface area contributed by atoms with E-state index < -0.39 is 0 Å². The Morgan fingerprint density at radius 1 is 1.47 bits per heavy atom. The van der Waals surface area contributed by atoms with Crippen LogP contribution in [0.3, 0.4) is 0 Å². The average Bonchev–Trinajstić information content (AvgIpc) is 2.17. The Balaban J connectivity index is 2.43. The summed E-state index contributed by atoms with van der Waals surface area (Å²) in [4.78, 5) is 12.7. The highest BCUT2D eigenvalue weighted by Gasteiger charge is 2.19. The van der Waals surface area contributed by atoms with Gasteiger partial charge < -0.3 is 5.32 Å². The third kappa shape index (κ3) is 1.90. The van der Waals surface area contributed by atoms with E-state index in [1.807, 2.05) is 6.92 Å². The predicted octanol–water partition coefficient (Wildman–Crippen LogP) is 3.16. The van der Waals surface area contributed by atoms with Crippen LogP contribution in [-0.4, -0.2) is 5.78 Å². The van der Waals surface area contributed by atoms with Crippen LogP contribution in [0.5, 0.6) is 0 Å². The molecular formula is C11H10FNOS. The number of allylic oxidation sites excluding steroid dienone is 2. The van der Waals surface area contributed by atoms with E-state index in [1.165, 1.54) is 30.8 Å². The molecule has 4 heteroatoms. The first-order valence-electron chi connectivity index (χ1n) is 4.54. The van der Waals surface area contributed by atoms with E-state index in [4.69, 9.17) is 0 Å². The van der Waals surface area contributed by atoms with Gasteiger partial charge >= 0.3 is 0 Å². The summed E-state index contributed by atoms with van der Waals surface area (Å²) in [6.45, 7) is 3.35. The molecule has 0 radical (unpaired) electrons. The number of hydrogen-bond acceptors (Lipinski definition) is 3. The largest absolute Gasteiger partial charge is 0.357 e. The number of anilines is 1. The van der Waals surface area contributed by atoms with Crippen molar-refractivity contribution >= 4 is 23.2 Å². The summed E-state index contributed by atoms with van der Waals surface area (Å²) in [6, 6.07) is 4.51. The van der Waals surface area contributed by atoms with Crippen molar-refractivity contribution in [1.29, 1.82) is 0 Å². The number of carbonyl (C=O) groups is 1. The van der Waals surface area contributed by atoms with Crippen LogP contribution < -0.4 is 5.32 Å². The van der Waals surface area contributed by atoms with Crippen molar-refractivity contribution < 1.29 is 9.18 Å². The number of carbonyl (C=O) groups excluding carboxylic acids is 1. The maximum atomic E-state index is 13.0. The molecule has 0 atom stereocenters. The Labute approximate surface area is 91.6 Å². The molecule has 78 valence electrons. The van der Waals surface area contributed by atoms with Crippen molar-refractivity contribution in [2.75, 3.05) is 5.32 Å². The minimum atomic E-state index is -0.287. The summed E-state index contributed by atoms with van der Waals surface area (Å²) < 4.78 is 13.0. The van der Waals surface area contributed by atoms with Gasteiger partial charge in [0.25, 0.3) is 0 Å². The number of rotatable bonds is 1. The van der Waals surface area contributed by atoms with Gasteiger partial charge in [-0.2, -0.15) is 0 Å². The molecule has 0 aromatic heterocycles. The van der Waals surface area contributed by atoms with Crippen LogP contribution in [0.2, 0.25) is 0 Å². The van der Waals surface area contributed by atoms with E-state index in [0.29, 0.717) is 4.91 Å². The molecule has 0 aliphatic carbocycles. The van der Waals surface area contributed by atoms with Gasteiger partial charge in [-0.05, 0) is 32.0 Å². The molecule has 1 N–H and O–H groups in total. The number of thioether (sulfide) groups is 1. The van der Waals surface area contributed by atoms with E-state index in [9.17, 15) is 9.18 Å². The first-order valence-corrected chi connectivity index (χ1v) is 5.36. The van der Waals surface area contributed by atoms with Gasteiger partial charge in [0.05, 0.1) is 10.6 Å². The summed E-state index contributed by atoms with van der Waals surface area (Å²) in [5.74, 6) is -0.287. The molecule has 2 nitrogen and oxygen atoms in total. The van der Waals surface area contributed by atoms with E-state index in [2.05, 4.69) is 5.32 Å². The molecule has 0 saturated heterocycles. The standard InChI is InChI=1S/C11H10FNOS/c1-6-11(7(2)14)15-10-5-8(12)3-4-9(10)13-6/h3-5,13H,1-2H3. The normalized spacial score (nSPS) is 14.6. The Hall–Kier alpha value is -1.29. The molecule has 1 aliphatic rings. The number of ketones is 1. The van der Waals surface area contributed by atoms with E-state index in [1.54, 1.807) is 6.07 Å². The van der Waals surface area contributed by atoms with Crippen molar-refractivity contribution in [2.45, 2.75) is 18.7 Å². The highest BCUT2D eigenvalue weighted by atomic mass is 32.2. The summed E-state index contributed by atoms with van der Waals surface area (Å²) in [5.41, 5.74) is 1.68. The third-order valence-electron chi connectivity index (χ3n) is 2.14. The van der Waals surface area contributed by atoms with Crippen LogP contribution in [0.1, 0.15) is 13.8 Å². The number of halogens is 1. The summed E-state index contributed by atoms with van der Waals surface area (Å²) in [7, 11) is 0. The molecule has 15 heavy (non-hydrogen) atoms. The fraction of sp³-hybridized carbons (Fsp3) is 0.182. The van der Waals surface area contributed by atoms with Crippen LogP contribution in [0.25, 0.3) is 0 Å². The van der Waals surface area contributed by atoms with Gasteiger partial charge in [0, 0.05) is 10.6 Å². The molecule has 0 spiro atoms. The zero-order valence-corrected chi connectivity index (χ0v) is 9.24. The Morgan fingerprint density at radius 3 is 2.87 bits per heavy atom. The molecule has 1 aromatic rings. The second-order valence-corrected chi connectivity index (χ2v) is 4.43. The van der Waals surface area contributed by atoms with Gasteiger partial charge in [-0.1, -0.05) is 11.8 Å². The fourth-order valence-electron chi connectivity index (χ4n) is 1.47. The predicted molar refractivity (Wildman–Crippen MR) is 59.3 cm³/mol. The molecule has 0 saturated carbocycles. The van der Waals surface area contributed by atoms with Gasteiger partial charge in [0.2, 0.25) is 0 Å². The minimum Gasteiger partial charge on any atom is -0.357 e. The van der Waals surface area contributed by atoms with Crippen molar-refractivity contribution in [3.63, 3.8) is 0 Å². The molecule has 0 bridgehead atoms. The van der Waals surface area contributed by atoms with Gasteiger partial charge in [0.15, 0.2) is 5.78 Å².